The quantitative estimate of drug-likeness (QED) is 0.723. The highest BCUT2D eigenvalue weighted by Gasteiger charge is 2.17. The average Bonchev–Trinajstić information content (AvgIpc) is 2.36. The van der Waals surface area contributed by atoms with Crippen molar-refractivity contribution in [2.75, 3.05) is 5.73 Å². The highest BCUT2D eigenvalue weighted by atomic mass is 15.1. The number of hydrogen-bond donors (Lipinski definition) is 2. The van der Waals surface area contributed by atoms with Crippen molar-refractivity contribution < 1.29 is 0 Å². The predicted octanol–water partition coefficient (Wildman–Crippen LogP) is 1.97. The van der Waals surface area contributed by atoms with Crippen LogP contribution in [0.25, 0.3) is 0 Å². The van der Waals surface area contributed by atoms with E-state index in [0.29, 0.717) is 5.41 Å². The van der Waals surface area contributed by atoms with E-state index in [1.54, 1.807) is 6.20 Å². The number of nitrogens with one attached hydrogen (secondary N) is 1. The van der Waals surface area contributed by atoms with E-state index in [9.17, 15) is 0 Å². The number of nitrogens with zero attached hydrogens (tertiary/aromatic N) is 1. The van der Waals surface area contributed by atoms with Crippen molar-refractivity contribution >= 4 is 5.69 Å². The molecule has 1 rings (SSSR count). The van der Waals surface area contributed by atoms with Crippen molar-refractivity contribution in [3.8, 4) is 0 Å². The lowest BCUT2D eigenvalue weighted by Gasteiger charge is -2.21. The first-order valence-corrected chi connectivity index (χ1v) is 4.33. The zero-order valence-electron chi connectivity index (χ0n) is 8.02. The lowest BCUT2D eigenvalue weighted by atomic mass is 9.85. The molecule has 0 atom stereocenters. The first-order valence-electron chi connectivity index (χ1n) is 4.33. The van der Waals surface area contributed by atoms with Gasteiger partial charge in [0.1, 0.15) is 0 Å². The van der Waals surface area contributed by atoms with Crippen LogP contribution >= 0.6 is 0 Å². The van der Waals surface area contributed by atoms with E-state index in [1.165, 1.54) is 0 Å². The summed E-state index contributed by atoms with van der Waals surface area (Å²) in [6.45, 7) is 6.65. The highest BCUT2D eigenvalue weighted by molar-refractivity contribution is 5.40. The summed E-state index contributed by atoms with van der Waals surface area (Å²) in [5.74, 6) is 0. The molecule has 12 heavy (non-hydrogen) atoms. The molecule has 3 heteroatoms. The summed E-state index contributed by atoms with van der Waals surface area (Å²) < 4.78 is 0. The molecule has 1 aromatic heterocycles. The Kier molecular flexibility index (Phi) is 2.40. The van der Waals surface area contributed by atoms with Gasteiger partial charge in [-0.25, -0.2) is 0 Å². The summed E-state index contributed by atoms with van der Waals surface area (Å²) in [5.41, 5.74) is 7.85. The SMILES string of the molecule is CCC(C)(C)Cc1[nH]ncc1N. The number of nitrogen functional groups attached to an aromatic ring is 1. The van der Waals surface area contributed by atoms with Crippen LogP contribution in [0.15, 0.2) is 6.20 Å². The lowest BCUT2D eigenvalue weighted by Crippen LogP contribution is -2.14. The molecule has 3 nitrogen and oxygen atoms in total. The molecule has 1 aromatic rings. The van der Waals surface area contributed by atoms with E-state index in [-0.39, 0.29) is 0 Å². The maximum absolute atomic E-state index is 5.71. The standard InChI is InChI=1S/C9H17N3/c1-4-9(2,3)5-8-7(10)6-11-12-8/h6H,4-5,10H2,1-3H3,(H,11,12). The summed E-state index contributed by atoms with van der Waals surface area (Å²) in [6, 6.07) is 0. The fourth-order valence-corrected chi connectivity index (χ4v) is 1.07. The third kappa shape index (κ3) is 2.00. The molecule has 0 aromatic carbocycles. The molecule has 0 bridgehead atoms. The average molecular weight is 167 g/mol. The molecular formula is C9H17N3. The van der Waals surface area contributed by atoms with E-state index in [4.69, 9.17) is 5.73 Å². The Bertz CT molecular complexity index is 250. The van der Waals surface area contributed by atoms with E-state index < -0.39 is 0 Å². The van der Waals surface area contributed by atoms with E-state index in [0.717, 1.165) is 24.2 Å². The monoisotopic (exact) mass is 167 g/mol. The van der Waals surface area contributed by atoms with Gasteiger partial charge in [-0.15, -0.1) is 0 Å². The number of aromatic amines is 1. The van der Waals surface area contributed by atoms with Gasteiger partial charge >= 0.3 is 0 Å². The summed E-state index contributed by atoms with van der Waals surface area (Å²) in [5, 5.41) is 6.81. The van der Waals surface area contributed by atoms with Gasteiger partial charge in [-0.1, -0.05) is 27.2 Å². The Morgan fingerprint density at radius 1 is 1.58 bits per heavy atom. The fourth-order valence-electron chi connectivity index (χ4n) is 1.07. The largest absolute Gasteiger partial charge is 0.396 e. The second kappa shape index (κ2) is 3.17. The molecule has 0 saturated carbocycles. The molecule has 0 aliphatic heterocycles. The first kappa shape index (κ1) is 9.10. The third-order valence-electron chi connectivity index (χ3n) is 2.36. The van der Waals surface area contributed by atoms with Crippen LogP contribution < -0.4 is 5.73 Å². The number of hydrogen-bond acceptors (Lipinski definition) is 2. The second-order valence-corrected chi connectivity index (χ2v) is 4.00. The number of nitrogens with two attached hydrogens (primary N) is 1. The fraction of sp³-hybridized carbons (Fsp3) is 0.667. The van der Waals surface area contributed by atoms with Gasteiger partial charge in [-0.2, -0.15) is 5.10 Å². The van der Waals surface area contributed by atoms with Crippen LogP contribution in [0.2, 0.25) is 0 Å². The smallest absolute Gasteiger partial charge is 0.0730 e. The minimum atomic E-state index is 0.306. The van der Waals surface area contributed by atoms with E-state index in [2.05, 4.69) is 31.0 Å². The van der Waals surface area contributed by atoms with Gasteiger partial charge in [0, 0.05) is 0 Å². The van der Waals surface area contributed by atoms with Crippen LogP contribution in [0.1, 0.15) is 32.9 Å². The molecule has 0 amide bonds. The molecule has 0 radical (unpaired) electrons. The maximum atomic E-state index is 5.71. The lowest BCUT2D eigenvalue weighted by molar-refractivity contribution is 0.346. The van der Waals surface area contributed by atoms with Gasteiger partial charge in [0.25, 0.3) is 0 Å². The molecule has 0 saturated heterocycles. The normalized spacial score (nSPS) is 11.9. The molecule has 0 unspecified atom stereocenters. The summed E-state index contributed by atoms with van der Waals surface area (Å²) in [7, 11) is 0. The summed E-state index contributed by atoms with van der Waals surface area (Å²) in [6.07, 6.45) is 3.78. The number of aromatic nitrogens is 2. The van der Waals surface area contributed by atoms with Crippen molar-refractivity contribution in [1.82, 2.24) is 10.2 Å². The minimum Gasteiger partial charge on any atom is -0.396 e. The number of rotatable bonds is 3. The van der Waals surface area contributed by atoms with Gasteiger partial charge < -0.3 is 5.73 Å². The first-order chi connectivity index (χ1) is 5.55. The van der Waals surface area contributed by atoms with Crippen molar-refractivity contribution in [3.05, 3.63) is 11.9 Å². The van der Waals surface area contributed by atoms with Crippen molar-refractivity contribution in [1.29, 1.82) is 0 Å². The van der Waals surface area contributed by atoms with Gasteiger partial charge in [0.15, 0.2) is 0 Å². The van der Waals surface area contributed by atoms with Gasteiger partial charge in [0.05, 0.1) is 17.6 Å². The van der Waals surface area contributed by atoms with Crippen LogP contribution in [0.5, 0.6) is 0 Å². The molecule has 68 valence electrons. The predicted molar refractivity (Wildman–Crippen MR) is 50.8 cm³/mol. The molecular weight excluding hydrogens is 150 g/mol. The molecule has 0 fully saturated rings. The third-order valence-corrected chi connectivity index (χ3v) is 2.36. The number of H-pyrrole nitrogens is 1. The molecule has 1 heterocycles. The van der Waals surface area contributed by atoms with Crippen LogP contribution in [-0.2, 0) is 6.42 Å². The minimum absolute atomic E-state index is 0.306. The molecule has 0 aliphatic rings. The van der Waals surface area contributed by atoms with Crippen LogP contribution in [0, 0.1) is 5.41 Å². The topological polar surface area (TPSA) is 54.7 Å². The molecule has 0 aliphatic carbocycles. The Morgan fingerprint density at radius 3 is 2.67 bits per heavy atom. The highest BCUT2D eigenvalue weighted by Crippen LogP contribution is 2.26. The maximum Gasteiger partial charge on any atom is 0.0730 e. The van der Waals surface area contributed by atoms with Gasteiger partial charge in [-0.3, -0.25) is 5.10 Å². The zero-order valence-corrected chi connectivity index (χ0v) is 8.02. The summed E-state index contributed by atoms with van der Waals surface area (Å²) in [4.78, 5) is 0. The van der Waals surface area contributed by atoms with E-state index >= 15 is 0 Å². The Labute approximate surface area is 73.4 Å². The van der Waals surface area contributed by atoms with Gasteiger partial charge in [0.2, 0.25) is 0 Å². The molecule has 0 spiro atoms. The van der Waals surface area contributed by atoms with Crippen LogP contribution in [-0.4, -0.2) is 10.2 Å². The molecule has 3 N–H and O–H groups in total. The Morgan fingerprint density at radius 2 is 2.25 bits per heavy atom. The Balaban J connectivity index is 2.70. The van der Waals surface area contributed by atoms with Crippen molar-refractivity contribution in [3.63, 3.8) is 0 Å². The zero-order chi connectivity index (χ0) is 9.19. The van der Waals surface area contributed by atoms with Crippen molar-refractivity contribution in [2.24, 2.45) is 5.41 Å². The number of anilines is 1. The van der Waals surface area contributed by atoms with Crippen molar-refractivity contribution in [2.45, 2.75) is 33.6 Å². The second-order valence-electron chi connectivity index (χ2n) is 4.00. The Hall–Kier alpha value is -0.990. The summed E-state index contributed by atoms with van der Waals surface area (Å²) >= 11 is 0. The van der Waals surface area contributed by atoms with Crippen LogP contribution in [0.3, 0.4) is 0 Å². The van der Waals surface area contributed by atoms with Gasteiger partial charge in [-0.05, 0) is 11.8 Å². The van der Waals surface area contributed by atoms with Crippen LogP contribution in [0.4, 0.5) is 5.69 Å². The van der Waals surface area contributed by atoms with E-state index in [1.807, 2.05) is 0 Å².